The van der Waals surface area contributed by atoms with E-state index in [9.17, 15) is 19.5 Å². The van der Waals surface area contributed by atoms with Crippen LogP contribution in [0.15, 0.2) is 85.1 Å². The van der Waals surface area contributed by atoms with Crippen molar-refractivity contribution in [2.24, 2.45) is 0 Å². The lowest BCUT2D eigenvalue weighted by Crippen LogP contribution is -2.55. The molecule has 0 aliphatic carbocycles. The zero-order valence-corrected chi connectivity index (χ0v) is 33.2. The molecule has 2 unspecified atom stereocenters. The number of unbranched alkanes of at least 4 members (excludes halogenated alkanes) is 11. The Morgan fingerprint density at radius 1 is 0.596 bits per heavy atom. The molecule has 0 rings (SSSR count). The fraction of sp³-hybridized carbons (Fsp3) is 0.614. The van der Waals surface area contributed by atoms with Crippen molar-refractivity contribution in [3.8, 4) is 0 Å². The lowest BCUT2D eigenvalue weighted by Gasteiger charge is -2.34. The predicted molar refractivity (Wildman–Crippen MR) is 212 cm³/mol. The number of ether oxygens (including phenoxy) is 3. The number of allylic oxidation sites excluding steroid dienone is 14. The molecule has 0 saturated carbocycles. The number of quaternary nitrogens is 1. The first kappa shape index (κ1) is 48.5. The van der Waals surface area contributed by atoms with Crippen molar-refractivity contribution >= 4 is 17.9 Å². The van der Waals surface area contributed by atoms with Gasteiger partial charge in [0, 0.05) is 19.3 Å². The van der Waals surface area contributed by atoms with Gasteiger partial charge in [-0.15, -0.1) is 0 Å². The molecule has 0 N–H and O–H groups in total. The highest BCUT2D eigenvalue weighted by Crippen LogP contribution is 2.12. The van der Waals surface area contributed by atoms with Gasteiger partial charge in [0.15, 0.2) is 6.10 Å². The highest BCUT2D eigenvalue weighted by atomic mass is 16.6. The lowest BCUT2D eigenvalue weighted by molar-refractivity contribution is -0.889. The molecule has 294 valence electrons. The maximum atomic E-state index is 12.6. The first-order valence-electron chi connectivity index (χ1n) is 19.7. The first-order chi connectivity index (χ1) is 25.1. The Kier molecular flexibility index (Phi) is 32.3. The third-order valence-electron chi connectivity index (χ3n) is 8.24. The molecule has 0 saturated heterocycles. The minimum Gasteiger partial charge on any atom is -0.544 e. The number of hydrogen-bond donors (Lipinski definition) is 0. The van der Waals surface area contributed by atoms with Crippen molar-refractivity contribution in [3.63, 3.8) is 0 Å². The number of carbonyl (C=O) groups is 3. The van der Waals surface area contributed by atoms with Crippen LogP contribution in [0.3, 0.4) is 0 Å². The van der Waals surface area contributed by atoms with Gasteiger partial charge in [-0.25, -0.2) is 0 Å². The zero-order chi connectivity index (χ0) is 38.5. The summed E-state index contributed by atoms with van der Waals surface area (Å²) in [6.45, 7) is 4.41. The molecular formula is C44H71NO7. The summed E-state index contributed by atoms with van der Waals surface area (Å²) in [5.41, 5.74) is 0. The summed E-state index contributed by atoms with van der Waals surface area (Å²) in [4.78, 5) is 36.6. The smallest absolute Gasteiger partial charge is 0.306 e. The molecule has 8 nitrogen and oxygen atoms in total. The monoisotopic (exact) mass is 726 g/mol. The van der Waals surface area contributed by atoms with E-state index in [0.717, 1.165) is 44.9 Å². The molecular weight excluding hydrogens is 654 g/mol. The number of carbonyl (C=O) groups excluding carboxylic acids is 3. The van der Waals surface area contributed by atoms with Gasteiger partial charge in [-0.2, -0.15) is 0 Å². The van der Waals surface area contributed by atoms with Crippen LogP contribution < -0.4 is 5.11 Å². The van der Waals surface area contributed by atoms with Gasteiger partial charge >= 0.3 is 11.9 Å². The van der Waals surface area contributed by atoms with Gasteiger partial charge in [0.1, 0.15) is 12.6 Å². The van der Waals surface area contributed by atoms with E-state index in [1.807, 2.05) is 72.9 Å². The number of aliphatic carboxylic acids is 1. The maximum absolute atomic E-state index is 12.6. The number of hydrogen-bond acceptors (Lipinski definition) is 7. The third-order valence-corrected chi connectivity index (χ3v) is 8.24. The normalized spacial score (nSPS) is 13.9. The van der Waals surface area contributed by atoms with Crippen molar-refractivity contribution in [2.45, 2.75) is 135 Å². The number of likely N-dealkylation sites (N-methyl/N-ethyl adjacent to an activating group) is 1. The number of esters is 2. The van der Waals surface area contributed by atoms with E-state index in [-0.39, 0.29) is 49.1 Å². The topological polar surface area (TPSA) is 102 Å². The lowest BCUT2D eigenvalue weighted by atomic mass is 10.1. The van der Waals surface area contributed by atoms with Crippen molar-refractivity contribution in [1.29, 1.82) is 0 Å². The van der Waals surface area contributed by atoms with Gasteiger partial charge in [0.05, 0.1) is 40.3 Å². The molecule has 0 spiro atoms. The highest BCUT2D eigenvalue weighted by Gasteiger charge is 2.25. The van der Waals surface area contributed by atoms with Crippen LogP contribution in [0.5, 0.6) is 0 Å². The number of nitrogens with zero attached hydrogens (tertiary/aromatic N) is 1. The van der Waals surface area contributed by atoms with Crippen LogP contribution in [0, 0.1) is 0 Å². The van der Waals surface area contributed by atoms with Gasteiger partial charge in [-0.1, -0.05) is 157 Å². The minimum atomic E-state index is -1.14. The predicted octanol–water partition coefficient (Wildman–Crippen LogP) is 8.85. The maximum Gasteiger partial charge on any atom is 0.306 e. The zero-order valence-electron chi connectivity index (χ0n) is 33.2. The second-order valence-electron chi connectivity index (χ2n) is 14.0. The summed E-state index contributed by atoms with van der Waals surface area (Å²) in [5.74, 6) is -1.81. The molecule has 2 atom stereocenters. The average Bonchev–Trinajstić information content (AvgIpc) is 3.09. The Hall–Kier alpha value is -3.49. The molecule has 0 amide bonds. The van der Waals surface area contributed by atoms with Crippen molar-refractivity contribution in [3.05, 3.63) is 85.1 Å². The second kappa shape index (κ2) is 34.6. The molecule has 0 aliphatic rings. The van der Waals surface area contributed by atoms with Gasteiger partial charge in [0.25, 0.3) is 0 Å². The summed E-state index contributed by atoms with van der Waals surface area (Å²) in [7, 11) is 5.37. The van der Waals surface area contributed by atoms with Crippen molar-refractivity contribution < 1.29 is 38.2 Å². The van der Waals surface area contributed by atoms with E-state index in [0.29, 0.717) is 12.8 Å². The highest BCUT2D eigenvalue weighted by molar-refractivity contribution is 5.70. The van der Waals surface area contributed by atoms with E-state index < -0.39 is 18.1 Å². The number of carboxylic acid groups (broad SMARTS) is 1. The Morgan fingerprint density at radius 2 is 1.08 bits per heavy atom. The van der Waals surface area contributed by atoms with Crippen molar-refractivity contribution in [1.82, 2.24) is 0 Å². The molecule has 52 heavy (non-hydrogen) atoms. The summed E-state index contributed by atoms with van der Waals surface area (Å²) >= 11 is 0. The summed E-state index contributed by atoms with van der Waals surface area (Å²) < 4.78 is 17.0. The minimum absolute atomic E-state index is 0.0175. The molecule has 0 radical (unpaired) electrons. The van der Waals surface area contributed by atoms with E-state index in [4.69, 9.17) is 14.2 Å². The van der Waals surface area contributed by atoms with Crippen LogP contribution in [0.1, 0.15) is 123 Å². The molecule has 8 heteroatoms. The SMILES string of the molecule is CC/C=C/C=C/C=C/C=C/C=C/C=C/C=C/CCCCCC(=O)OC(COCCC(C(=O)[O-])[N+](C)(C)C)COC(=O)CCCCCCCCCCC. The molecule has 0 fully saturated rings. The number of rotatable bonds is 33. The van der Waals surface area contributed by atoms with E-state index in [2.05, 4.69) is 26.0 Å². The second-order valence-corrected chi connectivity index (χ2v) is 14.0. The fourth-order valence-corrected chi connectivity index (χ4v) is 5.17. The van der Waals surface area contributed by atoms with E-state index in [1.54, 1.807) is 21.1 Å². The quantitative estimate of drug-likeness (QED) is 0.0288. The largest absolute Gasteiger partial charge is 0.544 e. The average molecular weight is 726 g/mol. The molecule has 0 aromatic rings. The van der Waals surface area contributed by atoms with E-state index >= 15 is 0 Å². The van der Waals surface area contributed by atoms with Gasteiger partial charge in [0.2, 0.25) is 0 Å². The van der Waals surface area contributed by atoms with Crippen LogP contribution in [-0.4, -0.2) is 75.5 Å². The van der Waals surface area contributed by atoms with Crippen LogP contribution in [-0.2, 0) is 28.6 Å². The van der Waals surface area contributed by atoms with Crippen LogP contribution >= 0.6 is 0 Å². The Labute approximate surface area is 316 Å². The molecule has 0 aliphatic heterocycles. The summed E-state index contributed by atoms with van der Waals surface area (Å²) in [6, 6.07) is -0.737. The van der Waals surface area contributed by atoms with Gasteiger partial charge < -0.3 is 28.6 Å². The molecule has 0 aromatic heterocycles. The summed E-state index contributed by atoms with van der Waals surface area (Å²) in [5, 5.41) is 11.6. The Balaban J connectivity index is 4.53. The van der Waals surface area contributed by atoms with Gasteiger partial charge in [-0.3, -0.25) is 9.59 Å². The van der Waals surface area contributed by atoms with Gasteiger partial charge in [-0.05, 0) is 32.1 Å². The molecule has 0 heterocycles. The number of carboxylic acids is 1. The molecule has 0 bridgehead atoms. The van der Waals surface area contributed by atoms with Crippen LogP contribution in [0.4, 0.5) is 0 Å². The van der Waals surface area contributed by atoms with Crippen LogP contribution in [0.2, 0.25) is 0 Å². The Bertz CT molecular complexity index is 1120. The van der Waals surface area contributed by atoms with Crippen LogP contribution in [0.25, 0.3) is 0 Å². The van der Waals surface area contributed by atoms with Crippen molar-refractivity contribution in [2.75, 3.05) is 41.0 Å². The fourth-order valence-electron chi connectivity index (χ4n) is 5.17. The molecule has 0 aromatic carbocycles. The Morgan fingerprint density at radius 3 is 1.60 bits per heavy atom. The standard InChI is InChI=1S/C44H71NO7/c1-6-8-10-12-14-16-17-18-19-20-21-22-23-24-25-27-29-31-33-35-43(47)52-40(38-50-37-36-41(44(48)49)45(3,4)5)39-51-42(46)34-32-30-28-26-15-13-11-9-7-2/h8,10,12,14,16-25,40-41H,6-7,9,11,13,15,26-39H2,1-5H3/b10-8+,14-12+,17-16+,19-18+,21-20+,23-22+,25-24+. The first-order valence-corrected chi connectivity index (χ1v) is 19.7. The third kappa shape index (κ3) is 32.4. The summed E-state index contributed by atoms with van der Waals surface area (Å²) in [6.07, 6.45) is 43.2. The van der Waals surface area contributed by atoms with E-state index in [1.165, 1.54) is 38.5 Å².